The predicted molar refractivity (Wildman–Crippen MR) is 92.5 cm³/mol. The Morgan fingerprint density at radius 3 is 2.64 bits per heavy atom. The number of nitrogens with zero attached hydrogens (tertiary/aromatic N) is 4. The fourth-order valence-corrected chi connectivity index (χ4v) is 4.43. The van der Waals surface area contributed by atoms with Crippen molar-refractivity contribution in [2.24, 2.45) is 0 Å². The third-order valence-electron chi connectivity index (χ3n) is 4.17. The molecule has 0 saturated carbocycles. The monoisotopic (exact) mass is 363 g/mol. The number of rotatable bonds is 5. The molecule has 9 heteroatoms. The smallest absolute Gasteiger partial charge is 0.243 e. The van der Waals surface area contributed by atoms with E-state index in [9.17, 15) is 13.2 Å². The highest BCUT2D eigenvalue weighted by molar-refractivity contribution is 7.91. The molecule has 1 saturated heterocycles. The van der Waals surface area contributed by atoms with Gasteiger partial charge in [0.05, 0.1) is 11.5 Å². The summed E-state index contributed by atoms with van der Waals surface area (Å²) in [6.07, 6.45) is 0.451. The van der Waals surface area contributed by atoms with Crippen molar-refractivity contribution in [2.75, 3.05) is 11.5 Å². The number of nitrogens with one attached hydrogen (secondary N) is 1. The van der Waals surface area contributed by atoms with Crippen LogP contribution in [0, 0.1) is 0 Å². The Hall–Kier alpha value is -2.29. The summed E-state index contributed by atoms with van der Waals surface area (Å²) in [5, 5.41) is 14.8. The SMILES string of the molecule is CC(C)c1ccc(-c2nnn(CC(=O)N[C@@H]3CCS(=O)(=O)C3)n2)cc1. The quantitative estimate of drug-likeness (QED) is 0.841. The van der Waals surface area contributed by atoms with Crippen LogP contribution in [0.3, 0.4) is 0 Å². The average Bonchev–Trinajstić information content (AvgIpc) is 3.13. The van der Waals surface area contributed by atoms with Crippen LogP contribution in [-0.2, 0) is 21.2 Å². The number of carbonyl (C=O) groups excluding carboxylic acids is 1. The fourth-order valence-electron chi connectivity index (χ4n) is 2.75. The molecule has 0 spiro atoms. The first-order valence-corrected chi connectivity index (χ1v) is 10.0. The molecular weight excluding hydrogens is 342 g/mol. The molecule has 0 aliphatic carbocycles. The zero-order valence-corrected chi connectivity index (χ0v) is 15.0. The number of carbonyl (C=O) groups is 1. The van der Waals surface area contributed by atoms with Crippen molar-refractivity contribution in [1.29, 1.82) is 0 Å². The third kappa shape index (κ3) is 4.41. The second-order valence-corrected chi connectivity index (χ2v) is 8.82. The van der Waals surface area contributed by atoms with Gasteiger partial charge in [0.15, 0.2) is 9.84 Å². The molecule has 1 N–H and O–H groups in total. The van der Waals surface area contributed by atoms with E-state index in [-0.39, 0.29) is 30.0 Å². The van der Waals surface area contributed by atoms with Crippen LogP contribution in [0.15, 0.2) is 24.3 Å². The molecule has 1 aromatic heterocycles. The first-order chi connectivity index (χ1) is 11.8. The molecule has 0 bridgehead atoms. The van der Waals surface area contributed by atoms with E-state index in [1.54, 1.807) is 0 Å². The van der Waals surface area contributed by atoms with Crippen molar-refractivity contribution in [3.05, 3.63) is 29.8 Å². The Balaban J connectivity index is 1.60. The van der Waals surface area contributed by atoms with Gasteiger partial charge in [-0.2, -0.15) is 4.80 Å². The summed E-state index contributed by atoms with van der Waals surface area (Å²) in [7, 11) is -3.02. The lowest BCUT2D eigenvalue weighted by Gasteiger charge is -2.09. The molecule has 1 amide bonds. The summed E-state index contributed by atoms with van der Waals surface area (Å²) >= 11 is 0. The summed E-state index contributed by atoms with van der Waals surface area (Å²) in [5.74, 6) is 0.695. The van der Waals surface area contributed by atoms with Gasteiger partial charge in [0, 0.05) is 11.6 Å². The number of hydrogen-bond donors (Lipinski definition) is 1. The summed E-state index contributed by atoms with van der Waals surface area (Å²) in [6, 6.07) is 7.58. The number of benzene rings is 1. The number of hydrogen-bond acceptors (Lipinski definition) is 6. The molecule has 1 aliphatic heterocycles. The zero-order valence-electron chi connectivity index (χ0n) is 14.2. The highest BCUT2D eigenvalue weighted by atomic mass is 32.2. The van der Waals surface area contributed by atoms with E-state index >= 15 is 0 Å². The van der Waals surface area contributed by atoms with Gasteiger partial charge < -0.3 is 5.32 Å². The van der Waals surface area contributed by atoms with Crippen molar-refractivity contribution < 1.29 is 13.2 Å². The molecular formula is C16H21N5O3S. The number of aromatic nitrogens is 4. The van der Waals surface area contributed by atoms with Gasteiger partial charge in [-0.15, -0.1) is 10.2 Å². The summed E-state index contributed by atoms with van der Waals surface area (Å²) < 4.78 is 22.8. The summed E-state index contributed by atoms with van der Waals surface area (Å²) in [5.41, 5.74) is 2.06. The number of tetrazole rings is 1. The van der Waals surface area contributed by atoms with E-state index in [1.807, 2.05) is 24.3 Å². The van der Waals surface area contributed by atoms with Gasteiger partial charge in [0.2, 0.25) is 11.7 Å². The minimum atomic E-state index is -3.02. The second-order valence-electron chi connectivity index (χ2n) is 6.59. The lowest BCUT2D eigenvalue weighted by molar-refractivity contribution is -0.122. The van der Waals surface area contributed by atoms with Crippen molar-refractivity contribution in [3.8, 4) is 11.4 Å². The zero-order chi connectivity index (χ0) is 18.0. The second kappa shape index (κ2) is 6.91. The van der Waals surface area contributed by atoms with Crippen LogP contribution in [0.4, 0.5) is 0 Å². The average molecular weight is 363 g/mol. The third-order valence-corrected chi connectivity index (χ3v) is 5.94. The minimum absolute atomic E-state index is 0.00300. The molecule has 8 nitrogen and oxygen atoms in total. The van der Waals surface area contributed by atoms with Crippen molar-refractivity contribution in [3.63, 3.8) is 0 Å². The van der Waals surface area contributed by atoms with E-state index < -0.39 is 9.84 Å². The number of sulfone groups is 1. The molecule has 1 aliphatic rings. The van der Waals surface area contributed by atoms with Crippen LogP contribution >= 0.6 is 0 Å². The highest BCUT2D eigenvalue weighted by Gasteiger charge is 2.29. The normalized spacial score (nSPS) is 19.2. The molecule has 134 valence electrons. The molecule has 2 heterocycles. The molecule has 1 atom stereocenters. The Morgan fingerprint density at radius 1 is 1.32 bits per heavy atom. The molecule has 1 aromatic carbocycles. The molecule has 1 fully saturated rings. The van der Waals surface area contributed by atoms with E-state index in [4.69, 9.17) is 0 Å². The Kier molecular flexibility index (Phi) is 4.85. The van der Waals surface area contributed by atoms with Gasteiger partial charge in [0.1, 0.15) is 6.54 Å². The highest BCUT2D eigenvalue weighted by Crippen LogP contribution is 2.19. The minimum Gasteiger partial charge on any atom is -0.351 e. The van der Waals surface area contributed by atoms with Crippen molar-refractivity contribution >= 4 is 15.7 Å². The Bertz CT molecular complexity index is 858. The van der Waals surface area contributed by atoms with Gasteiger partial charge >= 0.3 is 0 Å². The van der Waals surface area contributed by atoms with Crippen LogP contribution < -0.4 is 5.32 Å². The molecule has 0 unspecified atom stereocenters. The Morgan fingerprint density at radius 2 is 2.04 bits per heavy atom. The first-order valence-electron chi connectivity index (χ1n) is 8.20. The lowest BCUT2D eigenvalue weighted by Crippen LogP contribution is -2.38. The van der Waals surface area contributed by atoms with Gasteiger partial charge in [-0.3, -0.25) is 4.79 Å². The van der Waals surface area contributed by atoms with E-state index in [1.165, 1.54) is 10.4 Å². The summed E-state index contributed by atoms with van der Waals surface area (Å²) in [4.78, 5) is 13.2. The van der Waals surface area contributed by atoms with Gasteiger partial charge in [-0.25, -0.2) is 8.42 Å². The van der Waals surface area contributed by atoms with Crippen LogP contribution in [0.2, 0.25) is 0 Å². The van der Waals surface area contributed by atoms with E-state index in [0.717, 1.165) is 5.56 Å². The topological polar surface area (TPSA) is 107 Å². The standard InChI is InChI=1S/C16H21N5O3S/c1-11(2)12-3-5-13(6-4-12)16-18-20-21(19-16)9-15(22)17-14-7-8-25(23,24)10-14/h3-6,11,14H,7-10H2,1-2H3,(H,17,22)/t14-/m1/s1. The Labute approximate surface area is 146 Å². The van der Waals surface area contributed by atoms with Crippen LogP contribution in [0.25, 0.3) is 11.4 Å². The van der Waals surface area contributed by atoms with Crippen LogP contribution in [0.5, 0.6) is 0 Å². The molecule has 25 heavy (non-hydrogen) atoms. The molecule has 0 radical (unpaired) electrons. The largest absolute Gasteiger partial charge is 0.351 e. The maximum Gasteiger partial charge on any atom is 0.243 e. The lowest BCUT2D eigenvalue weighted by atomic mass is 10.0. The van der Waals surface area contributed by atoms with Gasteiger partial charge in [-0.1, -0.05) is 38.1 Å². The van der Waals surface area contributed by atoms with Crippen LogP contribution in [0.1, 0.15) is 31.7 Å². The van der Waals surface area contributed by atoms with E-state index in [2.05, 4.69) is 34.6 Å². The predicted octanol–water partition coefficient (Wildman–Crippen LogP) is 0.767. The first kappa shape index (κ1) is 17.5. The van der Waals surface area contributed by atoms with Crippen molar-refractivity contribution in [1.82, 2.24) is 25.5 Å². The fraction of sp³-hybridized carbons (Fsp3) is 0.500. The maximum atomic E-state index is 12.0. The van der Waals surface area contributed by atoms with Gasteiger partial charge in [0.25, 0.3) is 0 Å². The van der Waals surface area contributed by atoms with E-state index in [0.29, 0.717) is 18.2 Å². The summed E-state index contributed by atoms with van der Waals surface area (Å²) in [6.45, 7) is 4.16. The maximum absolute atomic E-state index is 12.0. The van der Waals surface area contributed by atoms with Gasteiger partial charge in [-0.05, 0) is 23.1 Å². The van der Waals surface area contributed by atoms with Crippen molar-refractivity contribution in [2.45, 2.75) is 38.8 Å². The number of amides is 1. The molecule has 2 aromatic rings. The van der Waals surface area contributed by atoms with Crippen LogP contribution in [-0.4, -0.2) is 52.1 Å². The molecule has 3 rings (SSSR count).